The molecule has 2 nitrogen and oxygen atoms in total. The fourth-order valence-corrected chi connectivity index (χ4v) is 2.78. The van der Waals surface area contributed by atoms with Crippen molar-refractivity contribution in [2.75, 3.05) is 6.54 Å². The Balaban J connectivity index is 3.03. The van der Waals surface area contributed by atoms with Gasteiger partial charge in [-0.3, -0.25) is 0 Å². The van der Waals surface area contributed by atoms with Crippen molar-refractivity contribution in [1.29, 1.82) is 0 Å². The number of hydrogen-bond acceptors (Lipinski definition) is 1. The summed E-state index contributed by atoms with van der Waals surface area (Å²) in [6.45, 7) is 10.2. The lowest BCUT2D eigenvalue weighted by molar-refractivity contribution is 0.674. The maximum Gasteiger partial charge on any atom is 0.125 e. The molecule has 82 valence electrons. The summed E-state index contributed by atoms with van der Waals surface area (Å²) in [5, 5.41) is 0. The van der Waals surface area contributed by atoms with Crippen molar-refractivity contribution < 1.29 is 4.21 Å². The highest BCUT2D eigenvalue weighted by Gasteiger charge is 2.10. The van der Waals surface area contributed by atoms with Gasteiger partial charge in [-0.25, -0.2) is 8.93 Å². The molecular weight excluding hydrogens is 206 g/mol. The van der Waals surface area contributed by atoms with Gasteiger partial charge in [0.1, 0.15) is 11.0 Å². The molecule has 0 aliphatic rings. The van der Waals surface area contributed by atoms with Gasteiger partial charge in [-0.15, -0.1) is 6.58 Å². The Bertz CT molecular complexity index is 376. The lowest BCUT2D eigenvalue weighted by Gasteiger charge is -2.10. The first kappa shape index (κ1) is 12.1. The predicted molar refractivity (Wildman–Crippen MR) is 65.3 cm³/mol. The second-order valence-corrected chi connectivity index (χ2v) is 4.87. The van der Waals surface area contributed by atoms with Crippen molar-refractivity contribution in [3.05, 3.63) is 41.5 Å². The summed E-state index contributed by atoms with van der Waals surface area (Å²) in [6.07, 6.45) is 1.71. The van der Waals surface area contributed by atoms with Crippen LogP contribution in [0.4, 0.5) is 0 Å². The second-order valence-electron chi connectivity index (χ2n) is 3.63. The fourth-order valence-electron chi connectivity index (χ4n) is 1.67. The van der Waals surface area contributed by atoms with Crippen molar-refractivity contribution >= 4 is 11.0 Å². The summed E-state index contributed by atoms with van der Waals surface area (Å²) >= 11 is 0. The normalized spacial score (nSPS) is 12.5. The summed E-state index contributed by atoms with van der Waals surface area (Å²) < 4.78 is 14.8. The first-order chi connectivity index (χ1) is 7.06. The van der Waals surface area contributed by atoms with Crippen LogP contribution in [0.3, 0.4) is 0 Å². The third kappa shape index (κ3) is 3.01. The molecule has 0 amide bonds. The fraction of sp³-hybridized carbons (Fsp3) is 0.333. The van der Waals surface area contributed by atoms with Gasteiger partial charge in [-0.2, -0.15) is 0 Å². The number of benzene rings is 1. The van der Waals surface area contributed by atoms with Crippen molar-refractivity contribution in [3.8, 4) is 0 Å². The predicted octanol–water partition coefficient (Wildman–Crippen LogP) is 2.41. The summed E-state index contributed by atoms with van der Waals surface area (Å²) in [5.74, 6) is 0. The lowest BCUT2D eigenvalue weighted by atomic mass is 10.1. The van der Waals surface area contributed by atoms with E-state index in [0.29, 0.717) is 6.54 Å². The van der Waals surface area contributed by atoms with E-state index in [-0.39, 0.29) is 0 Å². The molecule has 0 saturated heterocycles. The summed E-state index contributed by atoms with van der Waals surface area (Å²) in [7, 11) is -1.14. The minimum Gasteiger partial charge on any atom is -0.237 e. The van der Waals surface area contributed by atoms with Gasteiger partial charge in [0.25, 0.3) is 0 Å². The molecule has 1 rings (SSSR count). The van der Waals surface area contributed by atoms with Gasteiger partial charge in [0.2, 0.25) is 0 Å². The van der Waals surface area contributed by atoms with E-state index in [1.165, 1.54) is 5.56 Å². The van der Waals surface area contributed by atoms with Crippen molar-refractivity contribution in [2.45, 2.75) is 25.7 Å². The van der Waals surface area contributed by atoms with E-state index in [0.717, 1.165) is 16.0 Å². The summed E-state index contributed by atoms with van der Waals surface area (Å²) in [4.78, 5) is 0.891. The lowest BCUT2D eigenvalue weighted by Crippen LogP contribution is -2.18. The molecule has 0 radical (unpaired) electrons. The molecule has 3 heteroatoms. The van der Waals surface area contributed by atoms with Crippen LogP contribution < -0.4 is 4.72 Å². The first-order valence-corrected chi connectivity index (χ1v) is 6.05. The van der Waals surface area contributed by atoms with Crippen LogP contribution in [-0.2, 0) is 11.0 Å². The minimum absolute atomic E-state index is 0.555. The molecule has 1 aromatic carbocycles. The molecular formula is C12H17NOS. The van der Waals surface area contributed by atoms with Crippen LogP contribution >= 0.6 is 0 Å². The molecule has 0 bridgehead atoms. The van der Waals surface area contributed by atoms with Gasteiger partial charge in [-0.05, 0) is 31.9 Å². The Hall–Kier alpha value is -0.930. The third-order valence-corrected chi connectivity index (χ3v) is 3.59. The molecule has 0 fully saturated rings. The zero-order chi connectivity index (χ0) is 11.4. The van der Waals surface area contributed by atoms with Crippen LogP contribution in [0.15, 0.2) is 29.7 Å². The van der Waals surface area contributed by atoms with E-state index in [4.69, 9.17) is 0 Å². The average molecular weight is 223 g/mol. The standard InChI is InChI=1S/C12H17NOS/c1-5-6-13-15(14)12-10(3)7-9(2)8-11(12)4/h5,7-8,13H,1,6H2,2-4H3/t15-/m1/s1. The Morgan fingerprint density at radius 1 is 1.33 bits per heavy atom. The largest absolute Gasteiger partial charge is 0.237 e. The number of aryl methyl sites for hydroxylation is 3. The van der Waals surface area contributed by atoms with Gasteiger partial charge in [0, 0.05) is 6.54 Å². The van der Waals surface area contributed by atoms with Crippen molar-refractivity contribution in [1.82, 2.24) is 4.72 Å². The number of hydrogen-bond donors (Lipinski definition) is 1. The van der Waals surface area contributed by atoms with E-state index in [1.54, 1.807) is 6.08 Å². The number of rotatable bonds is 4. The second kappa shape index (κ2) is 5.24. The molecule has 0 saturated carbocycles. The minimum atomic E-state index is -1.14. The third-order valence-electron chi connectivity index (χ3n) is 2.15. The zero-order valence-electron chi connectivity index (χ0n) is 9.46. The van der Waals surface area contributed by atoms with Crippen LogP contribution in [-0.4, -0.2) is 10.8 Å². The molecule has 0 heterocycles. The highest BCUT2D eigenvalue weighted by atomic mass is 32.2. The molecule has 0 aromatic heterocycles. The maximum atomic E-state index is 11.9. The Morgan fingerprint density at radius 3 is 2.33 bits per heavy atom. The van der Waals surface area contributed by atoms with Crippen molar-refractivity contribution in [2.24, 2.45) is 0 Å². The van der Waals surface area contributed by atoms with Crippen molar-refractivity contribution in [3.63, 3.8) is 0 Å². The van der Waals surface area contributed by atoms with Gasteiger partial charge in [-0.1, -0.05) is 23.8 Å². The number of nitrogens with one attached hydrogen (secondary N) is 1. The van der Waals surface area contributed by atoms with E-state index in [2.05, 4.69) is 23.4 Å². The molecule has 0 aliphatic heterocycles. The van der Waals surface area contributed by atoms with Gasteiger partial charge in [0.05, 0.1) is 4.90 Å². The summed E-state index contributed by atoms with van der Waals surface area (Å²) in [5.41, 5.74) is 3.35. The van der Waals surface area contributed by atoms with Crippen LogP contribution in [0.1, 0.15) is 16.7 Å². The SMILES string of the molecule is C=CCN[S@](=O)c1c(C)cc(C)cc1C. The van der Waals surface area contributed by atoms with E-state index < -0.39 is 11.0 Å². The Labute approximate surface area is 94.0 Å². The molecule has 1 aromatic rings. The summed E-state index contributed by atoms with van der Waals surface area (Å²) in [6, 6.07) is 4.10. The smallest absolute Gasteiger partial charge is 0.125 e. The van der Waals surface area contributed by atoms with Crippen LogP contribution in [0.25, 0.3) is 0 Å². The molecule has 1 N–H and O–H groups in total. The molecule has 0 aliphatic carbocycles. The first-order valence-electron chi connectivity index (χ1n) is 4.90. The molecule has 0 spiro atoms. The van der Waals surface area contributed by atoms with Crippen LogP contribution in [0.2, 0.25) is 0 Å². The van der Waals surface area contributed by atoms with Gasteiger partial charge >= 0.3 is 0 Å². The average Bonchev–Trinajstić information content (AvgIpc) is 2.12. The van der Waals surface area contributed by atoms with Crippen LogP contribution in [0, 0.1) is 20.8 Å². The highest BCUT2D eigenvalue weighted by Crippen LogP contribution is 2.18. The monoisotopic (exact) mass is 223 g/mol. The van der Waals surface area contributed by atoms with Gasteiger partial charge in [0.15, 0.2) is 0 Å². The Morgan fingerprint density at radius 2 is 1.87 bits per heavy atom. The van der Waals surface area contributed by atoms with E-state index in [1.807, 2.05) is 20.8 Å². The molecule has 0 unspecified atom stereocenters. The van der Waals surface area contributed by atoms with E-state index in [9.17, 15) is 4.21 Å². The maximum absolute atomic E-state index is 11.9. The molecule has 1 atom stereocenters. The molecule has 15 heavy (non-hydrogen) atoms. The zero-order valence-corrected chi connectivity index (χ0v) is 10.3. The van der Waals surface area contributed by atoms with E-state index >= 15 is 0 Å². The highest BCUT2D eigenvalue weighted by molar-refractivity contribution is 7.83. The van der Waals surface area contributed by atoms with Crippen LogP contribution in [0.5, 0.6) is 0 Å². The Kier molecular flexibility index (Phi) is 4.24. The van der Waals surface area contributed by atoms with Gasteiger partial charge < -0.3 is 0 Å². The topological polar surface area (TPSA) is 29.1 Å². The quantitative estimate of drug-likeness (QED) is 0.780.